The van der Waals surface area contributed by atoms with Crippen molar-refractivity contribution in [3.63, 3.8) is 0 Å². The Kier molecular flexibility index (Phi) is 7.71. The highest BCUT2D eigenvalue weighted by molar-refractivity contribution is 5.93. The topological polar surface area (TPSA) is 26.3 Å². The van der Waals surface area contributed by atoms with Gasteiger partial charge in [0.1, 0.15) is 5.75 Å². The zero-order chi connectivity index (χ0) is 14.8. The Morgan fingerprint density at radius 1 is 1.25 bits per heavy atom. The third-order valence-electron chi connectivity index (χ3n) is 3.61. The van der Waals surface area contributed by atoms with Gasteiger partial charge in [-0.3, -0.25) is 4.79 Å². The second-order valence-electron chi connectivity index (χ2n) is 5.19. The van der Waals surface area contributed by atoms with Crippen molar-refractivity contribution in [1.82, 2.24) is 0 Å². The smallest absolute Gasteiger partial charge is 0.155 e. The molecule has 1 aromatic rings. The van der Waals surface area contributed by atoms with Crippen molar-refractivity contribution in [2.24, 2.45) is 5.92 Å². The number of carbonyl (C=O) groups is 1. The average molecular weight is 274 g/mol. The van der Waals surface area contributed by atoms with Crippen molar-refractivity contribution >= 4 is 11.9 Å². The lowest BCUT2D eigenvalue weighted by Crippen LogP contribution is -2.05. The van der Waals surface area contributed by atoms with E-state index in [4.69, 9.17) is 4.74 Å². The Balaban J connectivity index is 2.48. The molecule has 0 aliphatic heterocycles. The summed E-state index contributed by atoms with van der Waals surface area (Å²) in [6.45, 7) is 4.36. The molecule has 0 spiro atoms. The summed E-state index contributed by atoms with van der Waals surface area (Å²) in [5.41, 5.74) is 1.03. The average Bonchev–Trinajstić information content (AvgIpc) is 2.49. The van der Waals surface area contributed by atoms with Crippen molar-refractivity contribution in [3.8, 4) is 5.75 Å². The molecule has 0 saturated carbocycles. The number of ether oxygens (including phenoxy) is 1. The maximum atomic E-state index is 12.0. The Bertz CT molecular complexity index is 418. The van der Waals surface area contributed by atoms with Gasteiger partial charge in [-0.25, -0.2) is 0 Å². The molecule has 1 aromatic carbocycles. The summed E-state index contributed by atoms with van der Waals surface area (Å²) in [5, 5.41) is 0. The Hall–Kier alpha value is -1.57. The van der Waals surface area contributed by atoms with Gasteiger partial charge in [-0.05, 0) is 29.7 Å². The van der Waals surface area contributed by atoms with Crippen LogP contribution in [0.3, 0.4) is 0 Å². The maximum absolute atomic E-state index is 12.0. The summed E-state index contributed by atoms with van der Waals surface area (Å²) in [5.74, 6) is 1.59. The highest BCUT2D eigenvalue weighted by Gasteiger charge is 2.09. The van der Waals surface area contributed by atoms with Gasteiger partial charge in [0, 0.05) is 6.42 Å². The highest BCUT2D eigenvalue weighted by Crippen LogP contribution is 2.18. The van der Waals surface area contributed by atoms with Crippen LogP contribution in [-0.4, -0.2) is 12.9 Å². The van der Waals surface area contributed by atoms with Crippen LogP contribution in [0.4, 0.5) is 0 Å². The first-order valence-electron chi connectivity index (χ1n) is 7.54. The molecule has 20 heavy (non-hydrogen) atoms. The van der Waals surface area contributed by atoms with Gasteiger partial charge in [0.25, 0.3) is 0 Å². The van der Waals surface area contributed by atoms with Gasteiger partial charge in [-0.2, -0.15) is 0 Å². The second kappa shape index (κ2) is 9.35. The fourth-order valence-electron chi connectivity index (χ4n) is 2.20. The van der Waals surface area contributed by atoms with Gasteiger partial charge >= 0.3 is 0 Å². The van der Waals surface area contributed by atoms with E-state index in [-0.39, 0.29) is 5.78 Å². The summed E-state index contributed by atoms with van der Waals surface area (Å²) in [7, 11) is 1.65. The van der Waals surface area contributed by atoms with E-state index >= 15 is 0 Å². The molecule has 0 amide bonds. The van der Waals surface area contributed by atoms with Crippen molar-refractivity contribution in [1.29, 1.82) is 0 Å². The number of hydrogen-bond acceptors (Lipinski definition) is 2. The number of carbonyl (C=O) groups excluding carboxylic acids is 1. The van der Waals surface area contributed by atoms with Crippen LogP contribution in [0, 0.1) is 5.92 Å². The van der Waals surface area contributed by atoms with Gasteiger partial charge in [0.2, 0.25) is 0 Å². The minimum absolute atomic E-state index is 0.226. The number of hydrogen-bond donors (Lipinski definition) is 0. The van der Waals surface area contributed by atoms with Gasteiger partial charge in [-0.15, -0.1) is 0 Å². The fourth-order valence-corrected chi connectivity index (χ4v) is 2.20. The Morgan fingerprint density at radius 2 is 1.95 bits per heavy atom. The molecule has 0 aliphatic carbocycles. The Labute approximate surface area is 122 Å². The predicted octanol–water partition coefficient (Wildman–Crippen LogP) is 4.88. The summed E-state index contributed by atoms with van der Waals surface area (Å²) in [4.78, 5) is 12.0. The number of rotatable bonds is 9. The van der Waals surface area contributed by atoms with Gasteiger partial charge in [0.05, 0.1) is 7.11 Å². The van der Waals surface area contributed by atoms with Crippen LogP contribution >= 0.6 is 0 Å². The van der Waals surface area contributed by atoms with E-state index in [2.05, 4.69) is 13.8 Å². The molecule has 0 bridgehead atoms. The third kappa shape index (κ3) is 6.05. The van der Waals surface area contributed by atoms with Crippen LogP contribution in [-0.2, 0) is 4.79 Å². The van der Waals surface area contributed by atoms with E-state index in [0.717, 1.165) is 24.2 Å². The molecular formula is C18H26O2. The van der Waals surface area contributed by atoms with Crippen molar-refractivity contribution < 1.29 is 9.53 Å². The summed E-state index contributed by atoms with van der Waals surface area (Å²) < 4.78 is 5.11. The zero-order valence-corrected chi connectivity index (χ0v) is 12.9. The largest absolute Gasteiger partial charge is 0.497 e. The first-order valence-corrected chi connectivity index (χ1v) is 7.54. The minimum atomic E-state index is 0.226. The predicted molar refractivity (Wildman–Crippen MR) is 85.0 cm³/mol. The number of methoxy groups -OCH3 is 1. The van der Waals surface area contributed by atoms with E-state index < -0.39 is 0 Å². The molecule has 0 saturated heterocycles. The molecule has 0 aromatic heterocycles. The number of benzene rings is 1. The molecule has 0 heterocycles. The van der Waals surface area contributed by atoms with E-state index in [1.165, 1.54) is 12.8 Å². The van der Waals surface area contributed by atoms with Crippen LogP contribution in [0.25, 0.3) is 6.08 Å². The molecular weight excluding hydrogens is 248 g/mol. The van der Waals surface area contributed by atoms with Crippen molar-refractivity contribution in [3.05, 3.63) is 35.9 Å². The van der Waals surface area contributed by atoms with Gasteiger partial charge < -0.3 is 4.74 Å². The standard InChI is InChI=1S/C18H26O2/c1-4-6-7-15(5-2)14-17(19)11-8-16-9-12-18(20-3)13-10-16/h8-13,15H,4-7,14H2,1-3H3. The Morgan fingerprint density at radius 3 is 2.50 bits per heavy atom. The van der Waals surface area contributed by atoms with Gasteiger partial charge in [-0.1, -0.05) is 57.7 Å². The monoisotopic (exact) mass is 274 g/mol. The lowest BCUT2D eigenvalue weighted by molar-refractivity contribution is -0.115. The van der Waals surface area contributed by atoms with Crippen LogP contribution in [0.2, 0.25) is 0 Å². The molecule has 2 heteroatoms. The summed E-state index contributed by atoms with van der Waals surface area (Å²) in [6, 6.07) is 7.72. The van der Waals surface area contributed by atoms with Crippen LogP contribution < -0.4 is 4.74 Å². The quantitative estimate of drug-likeness (QED) is 0.600. The second-order valence-corrected chi connectivity index (χ2v) is 5.19. The van der Waals surface area contributed by atoms with Crippen LogP contribution in [0.1, 0.15) is 51.5 Å². The first-order chi connectivity index (χ1) is 9.69. The third-order valence-corrected chi connectivity index (χ3v) is 3.61. The minimum Gasteiger partial charge on any atom is -0.497 e. The lowest BCUT2D eigenvalue weighted by Gasteiger charge is -2.11. The zero-order valence-electron chi connectivity index (χ0n) is 12.9. The highest BCUT2D eigenvalue weighted by atomic mass is 16.5. The molecule has 1 atom stereocenters. The number of allylic oxidation sites excluding steroid dienone is 1. The molecule has 1 unspecified atom stereocenters. The van der Waals surface area contributed by atoms with Crippen molar-refractivity contribution in [2.45, 2.75) is 46.0 Å². The lowest BCUT2D eigenvalue weighted by atomic mass is 9.93. The first kappa shape index (κ1) is 16.5. The maximum Gasteiger partial charge on any atom is 0.155 e. The molecule has 2 nitrogen and oxygen atoms in total. The normalized spacial score (nSPS) is 12.6. The fraction of sp³-hybridized carbons (Fsp3) is 0.500. The molecule has 0 fully saturated rings. The van der Waals surface area contributed by atoms with Gasteiger partial charge in [0.15, 0.2) is 5.78 Å². The van der Waals surface area contributed by atoms with Crippen LogP contribution in [0.5, 0.6) is 5.75 Å². The molecule has 110 valence electrons. The summed E-state index contributed by atoms with van der Waals surface area (Å²) in [6.07, 6.45) is 8.92. The SMILES string of the molecule is CCCCC(CC)CC(=O)C=Cc1ccc(OC)cc1. The number of unbranched alkanes of at least 4 members (excludes halogenated alkanes) is 1. The van der Waals surface area contributed by atoms with Crippen molar-refractivity contribution in [2.75, 3.05) is 7.11 Å². The molecule has 0 N–H and O–H groups in total. The summed E-state index contributed by atoms with van der Waals surface area (Å²) >= 11 is 0. The molecule has 1 rings (SSSR count). The van der Waals surface area contributed by atoms with Crippen LogP contribution in [0.15, 0.2) is 30.3 Å². The van der Waals surface area contributed by atoms with E-state index in [1.54, 1.807) is 13.2 Å². The number of ketones is 1. The molecule has 0 aliphatic rings. The molecule has 0 radical (unpaired) electrons. The van der Waals surface area contributed by atoms with E-state index in [9.17, 15) is 4.79 Å². The van der Waals surface area contributed by atoms with E-state index in [1.807, 2.05) is 30.3 Å². The van der Waals surface area contributed by atoms with E-state index in [0.29, 0.717) is 12.3 Å².